The summed E-state index contributed by atoms with van der Waals surface area (Å²) in [5, 5.41) is 10.6. The fraction of sp³-hybridized carbons (Fsp3) is 0.533. The number of rotatable bonds is 5. The van der Waals surface area contributed by atoms with Crippen molar-refractivity contribution in [1.29, 1.82) is 0 Å². The summed E-state index contributed by atoms with van der Waals surface area (Å²) in [5.74, 6) is -1.23. The quantitative estimate of drug-likeness (QED) is 0.819. The highest BCUT2D eigenvalue weighted by Gasteiger charge is 2.45. The lowest BCUT2D eigenvalue weighted by molar-refractivity contribution is -0.172. The standard InChI is InChI=1S/C15H19NO6/c1-4-6-21-13(17)11-7-10-9(12(16-11)20-3)8-22-14(18)15(10,19)5-2/h7,19H,4-6,8H2,1-3H3. The minimum Gasteiger partial charge on any atom is -0.481 e. The summed E-state index contributed by atoms with van der Waals surface area (Å²) >= 11 is 0. The predicted octanol–water partition coefficient (Wildman–Crippen LogP) is 1.31. The molecule has 1 unspecified atom stereocenters. The smallest absolute Gasteiger partial charge is 0.357 e. The Labute approximate surface area is 128 Å². The first-order valence-electron chi connectivity index (χ1n) is 7.13. The van der Waals surface area contributed by atoms with E-state index in [4.69, 9.17) is 14.2 Å². The van der Waals surface area contributed by atoms with Gasteiger partial charge in [-0.1, -0.05) is 13.8 Å². The number of aromatic nitrogens is 1. The molecule has 1 aromatic rings. The van der Waals surface area contributed by atoms with Crippen LogP contribution >= 0.6 is 0 Å². The van der Waals surface area contributed by atoms with Crippen LogP contribution in [-0.4, -0.2) is 35.7 Å². The van der Waals surface area contributed by atoms with Crippen molar-refractivity contribution in [2.45, 2.75) is 38.9 Å². The van der Waals surface area contributed by atoms with Crippen LogP contribution in [0.2, 0.25) is 0 Å². The van der Waals surface area contributed by atoms with Gasteiger partial charge < -0.3 is 19.3 Å². The van der Waals surface area contributed by atoms with E-state index in [2.05, 4.69) is 4.98 Å². The molecule has 7 nitrogen and oxygen atoms in total. The molecular weight excluding hydrogens is 290 g/mol. The predicted molar refractivity (Wildman–Crippen MR) is 75.3 cm³/mol. The summed E-state index contributed by atoms with van der Waals surface area (Å²) in [6.45, 7) is 3.73. The lowest BCUT2D eigenvalue weighted by Gasteiger charge is -2.32. The third-order valence-electron chi connectivity index (χ3n) is 3.57. The molecule has 0 saturated heterocycles. The zero-order valence-corrected chi connectivity index (χ0v) is 12.8. The summed E-state index contributed by atoms with van der Waals surface area (Å²) in [6, 6.07) is 1.37. The Morgan fingerprint density at radius 3 is 2.82 bits per heavy atom. The van der Waals surface area contributed by atoms with Crippen LogP contribution < -0.4 is 4.74 Å². The highest BCUT2D eigenvalue weighted by Crippen LogP contribution is 2.38. The maximum atomic E-state index is 12.0. The second kappa shape index (κ2) is 6.31. The fourth-order valence-electron chi connectivity index (χ4n) is 2.30. The lowest BCUT2D eigenvalue weighted by atomic mass is 9.86. The molecule has 2 rings (SSSR count). The molecule has 0 fully saturated rings. The third-order valence-corrected chi connectivity index (χ3v) is 3.57. The van der Waals surface area contributed by atoms with Crippen LogP contribution in [0.25, 0.3) is 0 Å². The molecule has 0 amide bonds. The van der Waals surface area contributed by atoms with E-state index in [9.17, 15) is 14.7 Å². The van der Waals surface area contributed by atoms with E-state index >= 15 is 0 Å². The molecule has 0 bridgehead atoms. The number of carbonyl (C=O) groups excluding carboxylic acids is 2. The van der Waals surface area contributed by atoms with E-state index in [1.807, 2.05) is 6.92 Å². The molecular formula is C15H19NO6. The van der Waals surface area contributed by atoms with Gasteiger partial charge in [0, 0.05) is 5.56 Å². The average molecular weight is 309 g/mol. The Hall–Kier alpha value is -2.15. The molecule has 1 aliphatic heterocycles. The van der Waals surface area contributed by atoms with Crippen molar-refractivity contribution in [3.63, 3.8) is 0 Å². The van der Waals surface area contributed by atoms with Crippen LogP contribution in [0.5, 0.6) is 5.88 Å². The van der Waals surface area contributed by atoms with E-state index in [1.165, 1.54) is 13.2 Å². The number of hydrogen-bond donors (Lipinski definition) is 1. The Kier molecular flexibility index (Phi) is 4.65. The molecule has 2 heterocycles. The second-order valence-electron chi connectivity index (χ2n) is 4.97. The number of fused-ring (bicyclic) bond motifs is 1. The molecule has 1 aromatic heterocycles. The normalized spacial score (nSPS) is 20.1. The van der Waals surface area contributed by atoms with E-state index in [0.29, 0.717) is 12.0 Å². The van der Waals surface area contributed by atoms with Crippen LogP contribution in [-0.2, 0) is 26.5 Å². The van der Waals surface area contributed by atoms with Gasteiger partial charge in [0.15, 0.2) is 11.3 Å². The number of ether oxygens (including phenoxy) is 3. The number of nitrogens with zero attached hydrogens (tertiary/aromatic N) is 1. The molecule has 0 aromatic carbocycles. The Bertz CT molecular complexity index is 600. The summed E-state index contributed by atoms with van der Waals surface area (Å²) < 4.78 is 15.2. The lowest BCUT2D eigenvalue weighted by Crippen LogP contribution is -2.41. The molecule has 1 atom stereocenters. The maximum Gasteiger partial charge on any atom is 0.357 e. The first-order chi connectivity index (χ1) is 10.5. The summed E-state index contributed by atoms with van der Waals surface area (Å²) in [4.78, 5) is 28.0. The highest BCUT2D eigenvalue weighted by atomic mass is 16.6. The summed E-state index contributed by atoms with van der Waals surface area (Å²) in [6.07, 6.45) is 0.786. The van der Waals surface area contributed by atoms with Crippen molar-refractivity contribution in [2.75, 3.05) is 13.7 Å². The minimum atomic E-state index is -1.82. The SMILES string of the molecule is CCCOC(=O)c1cc2c(c(OC)n1)COC(=O)C2(O)CC. The molecule has 0 radical (unpaired) electrons. The topological polar surface area (TPSA) is 95.0 Å². The number of cyclic esters (lactones) is 1. The van der Waals surface area contributed by atoms with Crippen molar-refractivity contribution in [2.24, 2.45) is 0 Å². The van der Waals surface area contributed by atoms with Gasteiger partial charge in [-0.3, -0.25) is 0 Å². The number of carbonyl (C=O) groups is 2. The molecule has 0 saturated carbocycles. The van der Waals surface area contributed by atoms with E-state index in [1.54, 1.807) is 6.92 Å². The van der Waals surface area contributed by atoms with Gasteiger partial charge in [-0.2, -0.15) is 0 Å². The van der Waals surface area contributed by atoms with Crippen LogP contribution in [0.4, 0.5) is 0 Å². The average Bonchev–Trinajstić information content (AvgIpc) is 2.55. The van der Waals surface area contributed by atoms with Gasteiger partial charge in [0.1, 0.15) is 6.61 Å². The van der Waals surface area contributed by atoms with E-state index < -0.39 is 17.5 Å². The largest absolute Gasteiger partial charge is 0.481 e. The van der Waals surface area contributed by atoms with Gasteiger partial charge in [-0.25, -0.2) is 14.6 Å². The zero-order chi connectivity index (χ0) is 16.3. The van der Waals surface area contributed by atoms with E-state index in [-0.39, 0.29) is 36.8 Å². The molecule has 1 aliphatic rings. The van der Waals surface area contributed by atoms with Crippen LogP contribution in [0.15, 0.2) is 6.07 Å². The highest BCUT2D eigenvalue weighted by molar-refractivity contribution is 5.90. The Balaban J connectivity index is 2.54. The second-order valence-corrected chi connectivity index (χ2v) is 4.97. The van der Waals surface area contributed by atoms with Gasteiger partial charge in [0.25, 0.3) is 0 Å². The Morgan fingerprint density at radius 2 is 2.23 bits per heavy atom. The van der Waals surface area contributed by atoms with Gasteiger partial charge in [0.2, 0.25) is 5.88 Å². The number of hydrogen-bond acceptors (Lipinski definition) is 7. The molecule has 1 N–H and O–H groups in total. The summed E-state index contributed by atoms with van der Waals surface area (Å²) in [7, 11) is 1.39. The van der Waals surface area contributed by atoms with Gasteiger partial charge >= 0.3 is 11.9 Å². The van der Waals surface area contributed by atoms with Gasteiger partial charge in [-0.05, 0) is 18.9 Å². The van der Waals surface area contributed by atoms with Crippen molar-refractivity contribution in [3.8, 4) is 5.88 Å². The van der Waals surface area contributed by atoms with Crippen molar-refractivity contribution in [1.82, 2.24) is 4.98 Å². The summed E-state index contributed by atoms with van der Waals surface area (Å²) in [5.41, 5.74) is -1.09. The molecule has 0 aliphatic carbocycles. The number of esters is 2. The number of methoxy groups -OCH3 is 1. The third kappa shape index (κ3) is 2.64. The molecule has 0 spiro atoms. The van der Waals surface area contributed by atoms with Crippen molar-refractivity contribution in [3.05, 3.63) is 22.9 Å². The van der Waals surface area contributed by atoms with Crippen LogP contribution in [0.3, 0.4) is 0 Å². The Morgan fingerprint density at radius 1 is 1.50 bits per heavy atom. The zero-order valence-electron chi connectivity index (χ0n) is 12.8. The minimum absolute atomic E-state index is 0.00868. The maximum absolute atomic E-state index is 12.0. The first-order valence-corrected chi connectivity index (χ1v) is 7.13. The fourth-order valence-corrected chi connectivity index (χ4v) is 2.30. The molecule has 22 heavy (non-hydrogen) atoms. The van der Waals surface area contributed by atoms with E-state index in [0.717, 1.165) is 0 Å². The van der Waals surface area contributed by atoms with Crippen LogP contribution in [0.1, 0.15) is 48.3 Å². The number of pyridine rings is 1. The monoisotopic (exact) mass is 309 g/mol. The van der Waals surface area contributed by atoms with Crippen molar-refractivity contribution >= 4 is 11.9 Å². The number of aliphatic hydroxyl groups is 1. The van der Waals surface area contributed by atoms with Gasteiger partial charge in [-0.15, -0.1) is 0 Å². The first kappa shape index (κ1) is 16.2. The van der Waals surface area contributed by atoms with Gasteiger partial charge in [0.05, 0.1) is 19.3 Å². The molecule has 7 heteroatoms. The van der Waals surface area contributed by atoms with Crippen molar-refractivity contribution < 1.29 is 28.9 Å². The molecule has 120 valence electrons. The van der Waals surface area contributed by atoms with Crippen LogP contribution in [0, 0.1) is 0 Å².